The van der Waals surface area contributed by atoms with E-state index >= 15 is 0 Å². The van der Waals surface area contributed by atoms with Crippen LogP contribution in [0, 0.1) is 5.92 Å². The topological polar surface area (TPSA) is 101 Å². The number of carbonyl (C=O) groups is 2. The minimum Gasteiger partial charge on any atom is -0.467 e. The molecule has 98 valence electrons. The Balaban J connectivity index is 2.81. The van der Waals surface area contributed by atoms with Crippen LogP contribution in [0.1, 0.15) is 24.3 Å². The van der Waals surface area contributed by atoms with Crippen LogP contribution >= 0.6 is 0 Å². The average molecular weight is 253 g/mol. The molecule has 0 aromatic carbocycles. The van der Waals surface area contributed by atoms with Crippen LogP contribution in [0.5, 0.6) is 0 Å². The molecule has 1 aromatic rings. The van der Waals surface area contributed by atoms with Gasteiger partial charge in [0.1, 0.15) is 11.7 Å². The molecule has 2 N–H and O–H groups in total. The highest BCUT2D eigenvalue weighted by molar-refractivity contribution is 5.94. The second kappa shape index (κ2) is 5.95. The molecule has 0 radical (unpaired) electrons. The summed E-state index contributed by atoms with van der Waals surface area (Å²) in [6, 6.07) is -0.753. The number of nitrogens with zero attached hydrogens (tertiary/aromatic N) is 1. The first kappa shape index (κ1) is 13.9. The molecule has 1 rings (SSSR count). The van der Waals surface area contributed by atoms with E-state index in [1.807, 2.05) is 0 Å². The number of ether oxygens (including phenoxy) is 1. The Bertz CT molecular complexity index is 475. The van der Waals surface area contributed by atoms with Crippen molar-refractivity contribution < 1.29 is 14.3 Å². The first-order chi connectivity index (χ1) is 8.45. The van der Waals surface area contributed by atoms with Crippen molar-refractivity contribution in [2.75, 3.05) is 7.11 Å². The maximum Gasteiger partial charge on any atom is 0.328 e. The van der Waals surface area contributed by atoms with E-state index in [2.05, 4.69) is 20.0 Å². The summed E-state index contributed by atoms with van der Waals surface area (Å²) in [5, 5.41) is 2.50. The van der Waals surface area contributed by atoms with Crippen LogP contribution in [0.3, 0.4) is 0 Å². The molecule has 0 saturated carbocycles. The van der Waals surface area contributed by atoms with Crippen LogP contribution < -0.4 is 10.9 Å². The van der Waals surface area contributed by atoms with Crippen LogP contribution in [0.2, 0.25) is 0 Å². The molecular formula is C11H15N3O4. The van der Waals surface area contributed by atoms with E-state index < -0.39 is 23.5 Å². The van der Waals surface area contributed by atoms with Gasteiger partial charge in [0.05, 0.1) is 13.3 Å². The number of hydrogen-bond donors (Lipinski definition) is 2. The zero-order chi connectivity index (χ0) is 13.7. The second-order valence-corrected chi connectivity index (χ2v) is 4.01. The van der Waals surface area contributed by atoms with E-state index in [9.17, 15) is 14.4 Å². The zero-order valence-corrected chi connectivity index (χ0v) is 10.4. The normalized spacial score (nSPS) is 12.0. The number of esters is 1. The largest absolute Gasteiger partial charge is 0.467 e. The number of aromatic nitrogens is 2. The molecule has 18 heavy (non-hydrogen) atoms. The van der Waals surface area contributed by atoms with Gasteiger partial charge in [-0.3, -0.25) is 9.59 Å². The first-order valence-corrected chi connectivity index (χ1v) is 5.39. The molecule has 0 bridgehead atoms. The molecule has 0 saturated heterocycles. The maximum absolute atomic E-state index is 11.8. The summed E-state index contributed by atoms with van der Waals surface area (Å²) in [5.74, 6) is -1.19. The summed E-state index contributed by atoms with van der Waals surface area (Å²) < 4.78 is 4.60. The van der Waals surface area contributed by atoms with Gasteiger partial charge in [-0.15, -0.1) is 0 Å². The number of methoxy groups -OCH3 is 1. The highest BCUT2D eigenvalue weighted by atomic mass is 16.5. The lowest BCUT2D eigenvalue weighted by Crippen LogP contribution is -2.45. The van der Waals surface area contributed by atoms with Gasteiger partial charge < -0.3 is 15.0 Å². The molecule has 0 spiro atoms. The van der Waals surface area contributed by atoms with Gasteiger partial charge in [0.25, 0.3) is 11.5 Å². The Morgan fingerprint density at radius 1 is 1.44 bits per heavy atom. The summed E-state index contributed by atoms with van der Waals surface area (Å²) in [6.07, 6.45) is 2.18. The Morgan fingerprint density at radius 3 is 2.56 bits per heavy atom. The Kier molecular flexibility index (Phi) is 4.59. The number of nitrogens with one attached hydrogen (secondary N) is 2. The predicted octanol–water partition coefficient (Wildman–Crippen LogP) is -0.303. The van der Waals surface area contributed by atoms with Gasteiger partial charge in [-0.2, -0.15) is 0 Å². The summed E-state index contributed by atoms with van der Waals surface area (Å²) >= 11 is 0. The van der Waals surface area contributed by atoms with E-state index in [0.717, 1.165) is 6.20 Å². The lowest BCUT2D eigenvalue weighted by molar-refractivity contribution is -0.144. The van der Waals surface area contributed by atoms with Gasteiger partial charge in [-0.1, -0.05) is 13.8 Å². The second-order valence-electron chi connectivity index (χ2n) is 4.01. The first-order valence-electron chi connectivity index (χ1n) is 5.39. The maximum atomic E-state index is 11.8. The Labute approximate surface area is 104 Å². The van der Waals surface area contributed by atoms with Gasteiger partial charge in [-0.25, -0.2) is 9.78 Å². The van der Waals surface area contributed by atoms with Crippen molar-refractivity contribution in [1.29, 1.82) is 0 Å². The van der Waals surface area contributed by atoms with E-state index in [0.29, 0.717) is 0 Å². The lowest BCUT2D eigenvalue weighted by atomic mass is 10.0. The zero-order valence-electron chi connectivity index (χ0n) is 10.4. The third-order valence-electron chi connectivity index (χ3n) is 2.31. The van der Waals surface area contributed by atoms with E-state index in [4.69, 9.17) is 0 Å². The number of carbonyl (C=O) groups excluding carboxylic acids is 2. The van der Waals surface area contributed by atoms with Crippen LogP contribution in [0.25, 0.3) is 0 Å². The molecule has 0 aliphatic heterocycles. The number of hydrogen-bond acceptors (Lipinski definition) is 5. The molecule has 0 fully saturated rings. The van der Waals surface area contributed by atoms with Crippen molar-refractivity contribution in [3.63, 3.8) is 0 Å². The Morgan fingerprint density at radius 2 is 2.11 bits per heavy atom. The average Bonchev–Trinajstić information content (AvgIpc) is 2.35. The standard InChI is InChI=1S/C11H15N3O4/c1-6(2)9(11(17)18-3)14-10(16)7-4-13-8(15)5-12-7/h4-6,9H,1-3H3,(H,13,15)(H,14,16). The third-order valence-corrected chi connectivity index (χ3v) is 2.31. The third kappa shape index (κ3) is 3.41. The molecule has 7 nitrogen and oxygen atoms in total. The van der Waals surface area contributed by atoms with Gasteiger partial charge in [0.2, 0.25) is 0 Å². The fourth-order valence-electron chi connectivity index (χ4n) is 1.31. The molecule has 1 amide bonds. The number of aromatic amines is 1. The smallest absolute Gasteiger partial charge is 0.328 e. The SMILES string of the molecule is COC(=O)C(NC(=O)c1c[nH]c(=O)cn1)C(C)C. The van der Waals surface area contributed by atoms with Crippen molar-refractivity contribution in [3.8, 4) is 0 Å². The van der Waals surface area contributed by atoms with Crippen molar-refractivity contribution in [1.82, 2.24) is 15.3 Å². The number of H-pyrrole nitrogens is 1. The highest BCUT2D eigenvalue weighted by Gasteiger charge is 2.25. The van der Waals surface area contributed by atoms with Crippen molar-refractivity contribution >= 4 is 11.9 Å². The Hall–Kier alpha value is -2.18. The monoisotopic (exact) mass is 253 g/mol. The van der Waals surface area contributed by atoms with E-state index in [1.165, 1.54) is 13.3 Å². The van der Waals surface area contributed by atoms with Crippen molar-refractivity contribution in [3.05, 3.63) is 28.4 Å². The fourth-order valence-corrected chi connectivity index (χ4v) is 1.31. The summed E-state index contributed by atoms with van der Waals surface area (Å²) in [4.78, 5) is 40.1. The van der Waals surface area contributed by atoms with Crippen LogP contribution in [0.15, 0.2) is 17.2 Å². The van der Waals surface area contributed by atoms with Crippen molar-refractivity contribution in [2.45, 2.75) is 19.9 Å². The summed E-state index contributed by atoms with van der Waals surface area (Å²) in [7, 11) is 1.25. The van der Waals surface area contributed by atoms with Crippen LogP contribution in [-0.4, -0.2) is 35.0 Å². The minimum atomic E-state index is -0.753. The van der Waals surface area contributed by atoms with Crippen molar-refractivity contribution in [2.24, 2.45) is 5.92 Å². The molecule has 1 atom stereocenters. The van der Waals surface area contributed by atoms with Gasteiger partial charge in [0.15, 0.2) is 0 Å². The van der Waals surface area contributed by atoms with Crippen LogP contribution in [-0.2, 0) is 9.53 Å². The van der Waals surface area contributed by atoms with E-state index in [1.54, 1.807) is 13.8 Å². The number of rotatable bonds is 4. The lowest BCUT2D eigenvalue weighted by Gasteiger charge is -2.19. The molecule has 0 aliphatic rings. The molecule has 1 aromatic heterocycles. The highest BCUT2D eigenvalue weighted by Crippen LogP contribution is 2.04. The van der Waals surface area contributed by atoms with E-state index in [-0.39, 0.29) is 11.6 Å². The quantitative estimate of drug-likeness (QED) is 0.717. The molecule has 7 heteroatoms. The summed E-state index contributed by atoms with van der Waals surface area (Å²) in [5.41, 5.74) is -0.371. The molecule has 1 heterocycles. The molecule has 1 unspecified atom stereocenters. The minimum absolute atomic E-state index is 0.0316. The fraction of sp³-hybridized carbons (Fsp3) is 0.455. The van der Waals surface area contributed by atoms with Gasteiger partial charge >= 0.3 is 5.97 Å². The molecular weight excluding hydrogens is 238 g/mol. The summed E-state index contributed by atoms with van der Waals surface area (Å²) in [6.45, 7) is 3.56. The molecule has 0 aliphatic carbocycles. The predicted molar refractivity (Wildman–Crippen MR) is 63.0 cm³/mol. The van der Waals surface area contributed by atoms with Crippen LogP contribution in [0.4, 0.5) is 0 Å². The van der Waals surface area contributed by atoms with Gasteiger partial charge in [0, 0.05) is 6.20 Å². The van der Waals surface area contributed by atoms with Gasteiger partial charge in [-0.05, 0) is 5.92 Å². The number of amides is 1.